The highest BCUT2D eigenvalue weighted by Crippen LogP contribution is 2.17. The molecule has 0 bridgehead atoms. The largest absolute Gasteiger partial charge is 0.378 e. The molecule has 0 aliphatic heterocycles. The maximum Gasteiger partial charge on any atom is 0.259 e. The SMILES string of the molecule is CCn1cc(C(=O)Nc2ccc(N(C)C)cc2)c(C)n1. The number of amides is 1. The third-order valence-corrected chi connectivity index (χ3v) is 3.16. The molecule has 0 atom stereocenters. The minimum atomic E-state index is -0.125. The smallest absolute Gasteiger partial charge is 0.259 e. The Hall–Kier alpha value is -2.30. The number of aryl methyl sites for hydroxylation is 2. The van der Waals surface area contributed by atoms with Gasteiger partial charge in [0.1, 0.15) is 0 Å². The summed E-state index contributed by atoms with van der Waals surface area (Å²) in [6.07, 6.45) is 1.78. The summed E-state index contributed by atoms with van der Waals surface area (Å²) in [6.45, 7) is 4.59. The lowest BCUT2D eigenvalue weighted by Gasteiger charge is -2.12. The molecule has 0 spiro atoms. The zero-order valence-electron chi connectivity index (χ0n) is 12.3. The van der Waals surface area contributed by atoms with Crippen LogP contribution < -0.4 is 10.2 Å². The molecule has 0 saturated heterocycles. The maximum absolute atomic E-state index is 12.2. The molecule has 2 aromatic rings. The molecule has 5 nitrogen and oxygen atoms in total. The standard InChI is InChI=1S/C15H20N4O/c1-5-19-10-14(11(2)17-19)15(20)16-12-6-8-13(9-7-12)18(3)4/h6-10H,5H2,1-4H3,(H,16,20). The second kappa shape index (κ2) is 5.77. The quantitative estimate of drug-likeness (QED) is 0.930. The van der Waals surface area contributed by atoms with Crippen molar-refractivity contribution in [2.75, 3.05) is 24.3 Å². The first-order chi connectivity index (χ1) is 9.51. The summed E-state index contributed by atoms with van der Waals surface area (Å²) in [5.41, 5.74) is 3.24. The molecule has 1 aromatic heterocycles. The van der Waals surface area contributed by atoms with E-state index in [0.29, 0.717) is 5.56 Å². The second-order valence-electron chi connectivity index (χ2n) is 4.88. The van der Waals surface area contributed by atoms with Gasteiger partial charge in [-0.1, -0.05) is 0 Å². The third kappa shape index (κ3) is 2.99. The second-order valence-corrected chi connectivity index (χ2v) is 4.88. The molecule has 2 rings (SSSR count). The number of rotatable bonds is 4. The van der Waals surface area contributed by atoms with Crippen molar-refractivity contribution < 1.29 is 4.79 Å². The molecule has 5 heteroatoms. The highest BCUT2D eigenvalue weighted by atomic mass is 16.1. The summed E-state index contributed by atoms with van der Waals surface area (Å²) in [7, 11) is 3.96. The number of nitrogens with zero attached hydrogens (tertiary/aromatic N) is 3. The summed E-state index contributed by atoms with van der Waals surface area (Å²) in [5.74, 6) is -0.125. The molecule has 1 N–H and O–H groups in total. The molecular weight excluding hydrogens is 252 g/mol. The molecular formula is C15H20N4O. The number of hydrogen-bond donors (Lipinski definition) is 1. The Kier molecular flexibility index (Phi) is 4.08. The van der Waals surface area contributed by atoms with Crippen LogP contribution in [0.25, 0.3) is 0 Å². The lowest BCUT2D eigenvalue weighted by Crippen LogP contribution is -2.13. The highest BCUT2D eigenvalue weighted by molar-refractivity contribution is 6.04. The number of nitrogens with one attached hydrogen (secondary N) is 1. The zero-order chi connectivity index (χ0) is 14.7. The minimum absolute atomic E-state index is 0.125. The molecule has 1 heterocycles. The van der Waals surface area contributed by atoms with E-state index in [1.807, 2.05) is 57.1 Å². The van der Waals surface area contributed by atoms with Gasteiger partial charge in [-0.3, -0.25) is 9.48 Å². The van der Waals surface area contributed by atoms with Crippen molar-refractivity contribution in [3.63, 3.8) is 0 Å². The summed E-state index contributed by atoms with van der Waals surface area (Å²) >= 11 is 0. The first-order valence-corrected chi connectivity index (χ1v) is 6.64. The van der Waals surface area contributed by atoms with Gasteiger partial charge < -0.3 is 10.2 Å². The van der Waals surface area contributed by atoms with Crippen LogP contribution in [0.3, 0.4) is 0 Å². The van der Waals surface area contributed by atoms with Crippen LogP contribution in [0.4, 0.5) is 11.4 Å². The average molecular weight is 272 g/mol. The molecule has 106 valence electrons. The van der Waals surface area contributed by atoms with E-state index in [0.717, 1.165) is 23.6 Å². The van der Waals surface area contributed by atoms with Gasteiger partial charge in [-0.05, 0) is 38.1 Å². The molecule has 20 heavy (non-hydrogen) atoms. The van der Waals surface area contributed by atoms with E-state index in [9.17, 15) is 4.79 Å². The number of anilines is 2. The summed E-state index contributed by atoms with van der Waals surface area (Å²) in [4.78, 5) is 14.2. The Morgan fingerprint density at radius 3 is 2.45 bits per heavy atom. The van der Waals surface area contributed by atoms with Gasteiger partial charge in [0.15, 0.2) is 0 Å². The van der Waals surface area contributed by atoms with E-state index in [-0.39, 0.29) is 5.91 Å². The molecule has 0 saturated carbocycles. The zero-order valence-corrected chi connectivity index (χ0v) is 12.3. The molecule has 0 radical (unpaired) electrons. The lowest BCUT2D eigenvalue weighted by atomic mass is 10.2. The van der Waals surface area contributed by atoms with E-state index < -0.39 is 0 Å². The molecule has 0 unspecified atom stereocenters. The van der Waals surface area contributed by atoms with Gasteiger partial charge in [0.2, 0.25) is 0 Å². The Bertz CT molecular complexity index is 599. The maximum atomic E-state index is 12.2. The average Bonchev–Trinajstić information content (AvgIpc) is 2.80. The number of carbonyl (C=O) groups is 1. The van der Waals surface area contributed by atoms with Gasteiger partial charge in [0.25, 0.3) is 5.91 Å². The van der Waals surface area contributed by atoms with Crippen LogP contribution in [-0.4, -0.2) is 29.8 Å². The first-order valence-electron chi connectivity index (χ1n) is 6.64. The van der Waals surface area contributed by atoms with Crippen molar-refractivity contribution in [1.29, 1.82) is 0 Å². The predicted molar refractivity (Wildman–Crippen MR) is 81.4 cm³/mol. The van der Waals surface area contributed by atoms with E-state index in [4.69, 9.17) is 0 Å². The number of carbonyl (C=O) groups excluding carboxylic acids is 1. The van der Waals surface area contributed by atoms with E-state index >= 15 is 0 Å². The lowest BCUT2D eigenvalue weighted by molar-refractivity contribution is 0.102. The van der Waals surface area contributed by atoms with Gasteiger partial charge in [-0.2, -0.15) is 5.10 Å². The predicted octanol–water partition coefficient (Wildman–Crippen LogP) is 2.53. The van der Waals surface area contributed by atoms with E-state index in [1.54, 1.807) is 10.9 Å². The number of aromatic nitrogens is 2. The molecule has 0 aliphatic carbocycles. The van der Waals surface area contributed by atoms with Crippen molar-refractivity contribution in [2.24, 2.45) is 0 Å². The highest BCUT2D eigenvalue weighted by Gasteiger charge is 2.13. The van der Waals surface area contributed by atoms with Crippen molar-refractivity contribution in [2.45, 2.75) is 20.4 Å². The Labute approximate surface area is 119 Å². The minimum Gasteiger partial charge on any atom is -0.378 e. The van der Waals surface area contributed by atoms with Crippen LogP contribution in [-0.2, 0) is 6.54 Å². The van der Waals surface area contributed by atoms with Crippen LogP contribution in [0.15, 0.2) is 30.5 Å². The topological polar surface area (TPSA) is 50.2 Å². The van der Waals surface area contributed by atoms with E-state index in [2.05, 4.69) is 10.4 Å². The van der Waals surface area contributed by atoms with Crippen LogP contribution in [0.2, 0.25) is 0 Å². The Balaban J connectivity index is 2.12. The molecule has 0 aliphatic rings. The van der Waals surface area contributed by atoms with Gasteiger partial charge in [-0.15, -0.1) is 0 Å². The molecule has 1 amide bonds. The summed E-state index contributed by atoms with van der Waals surface area (Å²) in [6, 6.07) is 7.73. The van der Waals surface area contributed by atoms with Crippen molar-refractivity contribution >= 4 is 17.3 Å². The van der Waals surface area contributed by atoms with Crippen molar-refractivity contribution in [3.05, 3.63) is 41.7 Å². The van der Waals surface area contributed by atoms with Crippen LogP contribution in [0.5, 0.6) is 0 Å². The van der Waals surface area contributed by atoms with Gasteiger partial charge in [0.05, 0.1) is 11.3 Å². The van der Waals surface area contributed by atoms with Gasteiger partial charge >= 0.3 is 0 Å². The monoisotopic (exact) mass is 272 g/mol. The van der Waals surface area contributed by atoms with Crippen molar-refractivity contribution in [3.8, 4) is 0 Å². The summed E-state index contributed by atoms with van der Waals surface area (Å²) in [5, 5.41) is 7.17. The van der Waals surface area contributed by atoms with Crippen molar-refractivity contribution in [1.82, 2.24) is 9.78 Å². The van der Waals surface area contributed by atoms with Crippen LogP contribution >= 0.6 is 0 Å². The van der Waals surface area contributed by atoms with Gasteiger partial charge in [0, 0.05) is 38.2 Å². The van der Waals surface area contributed by atoms with Crippen LogP contribution in [0, 0.1) is 6.92 Å². The fourth-order valence-corrected chi connectivity index (χ4v) is 1.94. The number of benzene rings is 1. The molecule has 0 fully saturated rings. The summed E-state index contributed by atoms with van der Waals surface area (Å²) < 4.78 is 1.76. The molecule has 1 aromatic carbocycles. The Morgan fingerprint density at radius 1 is 1.30 bits per heavy atom. The van der Waals surface area contributed by atoms with E-state index in [1.165, 1.54) is 0 Å². The normalized spacial score (nSPS) is 10.4. The van der Waals surface area contributed by atoms with Gasteiger partial charge in [-0.25, -0.2) is 0 Å². The van der Waals surface area contributed by atoms with Crippen LogP contribution in [0.1, 0.15) is 23.0 Å². The Morgan fingerprint density at radius 2 is 1.95 bits per heavy atom. The third-order valence-electron chi connectivity index (χ3n) is 3.16. The first kappa shape index (κ1) is 14.1. The fourth-order valence-electron chi connectivity index (χ4n) is 1.94. The fraction of sp³-hybridized carbons (Fsp3) is 0.333. The number of hydrogen-bond acceptors (Lipinski definition) is 3.